The first kappa shape index (κ1) is 12.7. The van der Waals surface area contributed by atoms with Crippen LogP contribution >= 0.6 is 0 Å². The summed E-state index contributed by atoms with van der Waals surface area (Å²) in [5, 5.41) is 9.73. The molecular formula is C17H20O. The number of hydrogen-bond acceptors (Lipinski definition) is 1. The van der Waals surface area contributed by atoms with Crippen LogP contribution in [-0.4, -0.2) is 5.11 Å². The molecule has 1 nitrogen and oxygen atoms in total. The molecule has 0 unspecified atom stereocenters. The summed E-state index contributed by atoms with van der Waals surface area (Å²) in [7, 11) is 0. The molecule has 18 heavy (non-hydrogen) atoms. The molecule has 1 heteroatoms. The highest BCUT2D eigenvalue weighted by molar-refractivity contribution is 5.69. The van der Waals surface area contributed by atoms with Gasteiger partial charge in [-0.3, -0.25) is 0 Å². The number of aromatic hydroxyl groups is 1. The standard InChI is InChI=1S/C17H20O/c1-12(2)11-14-7-9-15(10-8-14)16-5-4-6-17(18)13(16)3/h4-10,12,18H,11H2,1-3H3. The molecule has 0 radical (unpaired) electrons. The summed E-state index contributed by atoms with van der Waals surface area (Å²) in [5.74, 6) is 1.04. The maximum Gasteiger partial charge on any atom is 0.119 e. The third kappa shape index (κ3) is 2.73. The van der Waals surface area contributed by atoms with Gasteiger partial charge in [-0.2, -0.15) is 0 Å². The molecule has 0 bridgehead atoms. The first-order valence-corrected chi connectivity index (χ1v) is 6.46. The molecule has 0 saturated heterocycles. The first-order valence-electron chi connectivity index (χ1n) is 6.46. The van der Waals surface area contributed by atoms with Crippen LogP contribution in [-0.2, 0) is 6.42 Å². The van der Waals surface area contributed by atoms with Crippen molar-refractivity contribution in [2.75, 3.05) is 0 Å². The molecule has 0 fully saturated rings. The van der Waals surface area contributed by atoms with Crippen LogP contribution < -0.4 is 0 Å². The highest BCUT2D eigenvalue weighted by atomic mass is 16.3. The molecule has 0 atom stereocenters. The number of rotatable bonds is 3. The van der Waals surface area contributed by atoms with Crippen molar-refractivity contribution in [3.8, 4) is 16.9 Å². The molecule has 0 amide bonds. The van der Waals surface area contributed by atoms with Gasteiger partial charge < -0.3 is 5.11 Å². The van der Waals surface area contributed by atoms with Gasteiger partial charge in [0.1, 0.15) is 5.75 Å². The molecule has 1 N–H and O–H groups in total. The third-order valence-corrected chi connectivity index (χ3v) is 3.21. The van der Waals surface area contributed by atoms with E-state index in [1.54, 1.807) is 6.07 Å². The Labute approximate surface area is 109 Å². The van der Waals surface area contributed by atoms with Crippen molar-refractivity contribution in [2.45, 2.75) is 27.2 Å². The van der Waals surface area contributed by atoms with Gasteiger partial charge in [0, 0.05) is 0 Å². The van der Waals surface area contributed by atoms with Gasteiger partial charge in [-0.15, -0.1) is 0 Å². The van der Waals surface area contributed by atoms with Crippen molar-refractivity contribution >= 4 is 0 Å². The lowest BCUT2D eigenvalue weighted by atomic mass is 9.96. The minimum absolute atomic E-state index is 0.360. The zero-order valence-electron chi connectivity index (χ0n) is 11.3. The van der Waals surface area contributed by atoms with E-state index in [2.05, 4.69) is 38.1 Å². The quantitative estimate of drug-likeness (QED) is 0.833. The summed E-state index contributed by atoms with van der Waals surface area (Å²) in [4.78, 5) is 0. The Kier molecular flexibility index (Phi) is 3.71. The maximum atomic E-state index is 9.73. The van der Waals surface area contributed by atoms with Gasteiger partial charge >= 0.3 is 0 Å². The van der Waals surface area contributed by atoms with Crippen LogP contribution in [0.3, 0.4) is 0 Å². The van der Waals surface area contributed by atoms with Crippen molar-refractivity contribution in [1.82, 2.24) is 0 Å². The summed E-state index contributed by atoms with van der Waals surface area (Å²) in [5.41, 5.74) is 4.57. The minimum atomic E-state index is 0.360. The lowest BCUT2D eigenvalue weighted by Crippen LogP contribution is -1.93. The third-order valence-electron chi connectivity index (χ3n) is 3.21. The van der Waals surface area contributed by atoms with Crippen molar-refractivity contribution in [3.05, 3.63) is 53.6 Å². The predicted octanol–water partition coefficient (Wildman–Crippen LogP) is 4.57. The van der Waals surface area contributed by atoms with Crippen LogP contribution in [0.15, 0.2) is 42.5 Å². The smallest absolute Gasteiger partial charge is 0.119 e. The second-order valence-electron chi connectivity index (χ2n) is 5.24. The molecule has 2 aromatic rings. The fraction of sp³-hybridized carbons (Fsp3) is 0.294. The first-order chi connectivity index (χ1) is 8.58. The zero-order chi connectivity index (χ0) is 13.1. The van der Waals surface area contributed by atoms with Crippen molar-refractivity contribution in [1.29, 1.82) is 0 Å². The largest absolute Gasteiger partial charge is 0.508 e. The van der Waals surface area contributed by atoms with E-state index < -0.39 is 0 Å². The van der Waals surface area contributed by atoms with Crippen LogP contribution in [0.2, 0.25) is 0 Å². The summed E-state index contributed by atoms with van der Waals surface area (Å²) in [6, 6.07) is 14.3. The van der Waals surface area contributed by atoms with E-state index >= 15 is 0 Å². The van der Waals surface area contributed by atoms with Gasteiger partial charge in [0.25, 0.3) is 0 Å². The minimum Gasteiger partial charge on any atom is -0.508 e. The Hall–Kier alpha value is -1.76. The molecule has 0 aromatic heterocycles. The second kappa shape index (κ2) is 5.26. The molecular weight excluding hydrogens is 220 g/mol. The summed E-state index contributed by atoms with van der Waals surface area (Å²) < 4.78 is 0. The van der Waals surface area contributed by atoms with Gasteiger partial charge in [-0.05, 0) is 47.6 Å². The monoisotopic (exact) mass is 240 g/mol. The van der Waals surface area contributed by atoms with Crippen LogP contribution in [0.1, 0.15) is 25.0 Å². The van der Waals surface area contributed by atoms with E-state index in [1.165, 1.54) is 5.56 Å². The van der Waals surface area contributed by atoms with Crippen LogP contribution in [0.25, 0.3) is 11.1 Å². The highest BCUT2D eigenvalue weighted by Crippen LogP contribution is 2.29. The van der Waals surface area contributed by atoms with Crippen LogP contribution in [0.5, 0.6) is 5.75 Å². The molecule has 94 valence electrons. The maximum absolute atomic E-state index is 9.73. The SMILES string of the molecule is Cc1c(O)cccc1-c1ccc(CC(C)C)cc1. The fourth-order valence-electron chi connectivity index (χ4n) is 2.23. The Morgan fingerprint density at radius 3 is 2.28 bits per heavy atom. The summed E-state index contributed by atoms with van der Waals surface area (Å²) in [6.07, 6.45) is 1.11. The predicted molar refractivity (Wildman–Crippen MR) is 76.8 cm³/mol. The van der Waals surface area contributed by atoms with Gasteiger partial charge in [0.15, 0.2) is 0 Å². The number of benzene rings is 2. The van der Waals surface area contributed by atoms with E-state index in [0.717, 1.165) is 23.1 Å². The zero-order valence-corrected chi connectivity index (χ0v) is 11.3. The molecule has 2 rings (SSSR count). The normalized spacial score (nSPS) is 10.9. The van der Waals surface area contributed by atoms with E-state index in [-0.39, 0.29) is 0 Å². The lowest BCUT2D eigenvalue weighted by Gasteiger charge is -2.09. The Bertz CT molecular complexity index is 524. The average Bonchev–Trinajstić information content (AvgIpc) is 2.33. The van der Waals surface area contributed by atoms with Crippen molar-refractivity contribution in [3.63, 3.8) is 0 Å². The van der Waals surface area contributed by atoms with E-state index in [9.17, 15) is 5.11 Å². The van der Waals surface area contributed by atoms with Gasteiger partial charge in [-0.1, -0.05) is 50.2 Å². The molecule has 0 heterocycles. The molecule has 0 aliphatic rings. The molecule has 0 aliphatic heterocycles. The molecule has 0 spiro atoms. The lowest BCUT2D eigenvalue weighted by molar-refractivity contribution is 0.471. The number of phenolic OH excluding ortho intramolecular Hbond substituents is 1. The Balaban J connectivity index is 2.32. The highest BCUT2D eigenvalue weighted by Gasteiger charge is 2.05. The molecule has 2 aromatic carbocycles. The Morgan fingerprint density at radius 2 is 1.67 bits per heavy atom. The summed E-state index contributed by atoms with van der Waals surface area (Å²) >= 11 is 0. The average molecular weight is 240 g/mol. The van der Waals surface area contributed by atoms with E-state index in [0.29, 0.717) is 11.7 Å². The second-order valence-corrected chi connectivity index (χ2v) is 5.24. The van der Waals surface area contributed by atoms with Gasteiger partial charge in [0.2, 0.25) is 0 Å². The van der Waals surface area contributed by atoms with Gasteiger partial charge in [-0.25, -0.2) is 0 Å². The topological polar surface area (TPSA) is 20.2 Å². The van der Waals surface area contributed by atoms with Gasteiger partial charge in [0.05, 0.1) is 0 Å². The number of phenols is 1. The number of hydrogen-bond donors (Lipinski definition) is 1. The summed E-state index contributed by atoms with van der Waals surface area (Å²) in [6.45, 7) is 6.41. The molecule has 0 saturated carbocycles. The van der Waals surface area contributed by atoms with E-state index in [1.807, 2.05) is 19.1 Å². The Morgan fingerprint density at radius 1 is 1.00 bits per heavy atom. The van der Waals surface area contributed by atoms with E-state index in [4.69, 9.17) is 0 Å². The van der Waals surface area contributed by atoms with Crippen LogP contribution in [0.4, 0.5) is 0 Å². The van der Waals surface area contributed by atoms with Crippen LogP contribution in [0, 0.1) is 12.8 Å². The molecule has 0 aliphatic carbocycles. The van der Waals surface area contributed by atoms with Crippen molar-refractivity contribution in [2.24, 2.45) is 5.92 Å². The fourth-order valence-corrected chi connectivity index (χ4v) is 2.23. The van der Waals surface area contributed by atoms with Crippen molar-refractivity contribution < 1.29 is 5.11 Å².